The summed E-state index contributed by atoms with van der Waals surface area (Å²) in [4.78, 5) is 0. The first kappa shape index (κ1) is 10.8. The monoisotopic (exact) mass is 212 g/mol. The Bertz CT molecular complexity index is 476. The Balaban J connectivity index is 2.14. The van der Waals surface area contributed by atoms with E-state index in [1.165, 1.54) is 0 Å². The van der Waals surface area contributed by atoms with Crippen LogP contribution in [0.5, 0.6) is 0 Å². The normalized spacial score (nSPS) is 21.2. The second-order valence-electron chi connectivity index (χ2n) is 3.94. The summed E-state index contributed by atoms with van der Waals surface area (Å²) in [5.41, 5.74) is 0.591. The molecule has 0 spiro atoms. The third-order valence-corrected chi connectivity index (χ3v) is 2.47. The Labute approximate surface area is 95.3 Å². The molecule has 0 radical (unpaired) electrons. The third kappa shape index (κ3) is 2.44. The summed E-state index contributed by atoms with van der Waals surface area (Å²) in [6.45, 7) is 2.24. The van der Waals surface area contributed by atoms with Crippen molar-refractivity contribution in [3.05, 3.63) is 35.4 Å². The SMILES string of the molecule is C#Cc1ccc(C#CC(C)(O)C2CO2)cc1. The largest absolute Gasteiger partial charge is 0.375 e. The Kier molecular flexibility index (Phi) is 2.71. The zero-order valence-electron chi connectivity index (χ0n) is 9.03. The molecule has 0 aromatic heterocycles. The van der Waals surface area contributed by atoms with E-state index in [9.17, 15) is 5.11 Å². The fraction of sp³-hybridized carbons (Fsp3) is 0.286. The van der Waals surface area contributed by atoms with Crippen molar-refractivity contribution >= 4 is 0 Å². The van der Waals surface area contributed by atoms with E-state index in [1.807, 2.05) is 24.3 Å². The van der Waals surface area contributed by atoms with Crippen molar-refractivity contribution in [2.75, 3.05) is 6.61 Å². The lowest BCUT2D eigenvalue weighted by atomic mass is 10.0. The van der Waals surface area contributed by atoms with Crippen LogP contribution in [0.2, 0.25) is 0 Å². The van der Waals surface area contributed by atoms with Crippen molar-refractivity contribution in [2.24, 2.45) is 0 Å². The number of benzene rings is 1. The second kappa shape index (κ2) is 4.02. The van der Waals surface area contributed by atoms with Gasteiger partial charge in [-0.3, -0.25) is 0 Å². The van der Waals surface area contributed by atoms with Gasteiger partial charge in [0, 0.05) is 11.1 Å². The van der Waals surface area contributed by atoms with E-state index >= 15 is 0 Å². The molecule has 1 aliphatic heterocycles. The van der Waals surface area contributed by atoms with Gasteiger partial charge in [0.05, 0.1) is 6.61 Å². The fourth-order valence-electron chi connectivity index (χ4n) is 1.30. The molecular formula is C14H12O2. The minimum Gasteiger partial charge on any atom is -0.375 e. The topological polar surface area (TPSA) is 32.8 Å². The minimum absolute atomic E-state index is 0.148. The van der Waals surface area contributed by atoms with Gasteiger partial charge in [-0.2, -0.15) is 0 Å². The van der Waals surface area contributed by atoms with Crippen molar-refractivity contribution in [2.45, 2.75) is 18.6 Å². The fourth-order valence-corrected chi connectivity index (χ4v) is 1.30. The molecule has 16 heavy (non-hydrogen) atoms. The zero-order valence-corrected chi connectivity index (χ0v) is 9.03. The molecule has 0 amide bonds. The molecule has 1 saturated heterocycles. The molecule has 2 nitrogen and oxygen atoms in total. The molecule has 1 aromatic carbocycles. The van der Waals surface area contributed by atoms with Crippen molar-refractivity contribution in [3.8, 4) is 24.2 Å². The van der Waals surface area contributed by atoms with Crippen LogP contribution < -0.4 is 0 Å². The van der Waals surface area contributed by atoms with Gasteiger partial charge in [-0.15, -0.1) is 6.42 Å². The predicted octanol–water partition coefficient (Wildman–Crippen LogP) is 1.17. The first-order chi connectivity index (χ1) is 7.62. The smallest absolute Gasteiger partial charge is 0.151 e. The van der Waals surface area contributed by atoms with Crippen molar-refractivity contribution in [1.29, 1.82) is 0 Å². The van der Waals surface area contributed by atoms with Crippen LogP contribution in [0.15, 0.2) is 24.3 Å². The molecule has 0 bridgehead atoms. The van der Waals surface area contributed by atoms with Gasteiger partial charge in [-0.25, -0.2) is 0 Å². The quantitative estimate of drug-likeness (QED) is 0.560. The molecule has 0 saturated carbocycles. The van der Waals surface area contributed by atoms with Crippen LogP contribution in [0.4, 0.5) is 0 Å². The van der Waals surface area contributed by atoms with E-state index in [0.29, 0.717) is 6.61 Å². The molecule has 1 N–H and O–H groups in total. The molecule has 1 aromatic rings. The lowest BCUT2D eigenvalue weighted by molar-refractivity contribution is 0.0863. The Hall–Kier alpha value is -1.74. The highest BCUT2D eigenvalue weighted by atomic mass is 16.6. The van der Waals surface area contributed by atoms with Gasteiger partial charge in [0.15, 0.2) is 5.60 Å². The molecular weight excluding hydrogens is 200 g/mol. The molecule has 1 heterocycles. The number of hydrogen-bond donors (Lipinski definition) is 1. The number of hydrogen-bond acceptors (Lipinski definition) is 2. The third-order valence-electron chi connectivity index (χ3n) is 2.47. The summed E-state index contributed by atoms with van der Waals surface area (Å²) in [5.74, 6) is 8.25. The maximum Gasteiger partial charge on any atom is 0.151 e. The van der Waals surface area contributed by atoms with Crippen LogP contribution in [0.25, 0.3) is 0 Å². The zero-order chi connectivity index (χ0) is 11.6. The number of epoxide rings is 1. The maximum atomic E-state index is 9.89. The van der Waals surface area contributed by atoms with Gasteiger partial charge >= 0.3 is 0 Å². The molecule has 2 atom stereocenters. The van der Waals surface area contributed by atoms with Crippen molar-refractivity contribution in [1.82, 2.24) is 0 Å². The molecule has 2 rings (SSSR count). The molecule has 0 aliphatic carbocycles. The van der Waals surface area contributed by atoms with Gasteiger partial charge < -0.3 is 9.84 Å². The standard InChI is InChI=1S/C14H12O2/c1-3-11-4-6-12(7-5-11)8-9-14(2,15)13-10-16-13/h1,4-7,13,15H,10H2,2H3. The maximum absolute atomic E-state index is 9.89. The Morgan fingerprint density at radius 1 is 1.38 bits per heavy atom. The number of aliphatic hydroxyl groups is 1. The number of terminal acetylenes is 1. The summed E-state index contributed by atoms with van der Waals surface area (Å²) < 4.78 is 5.02. The minimum atomic E-state index is -1.06. The highest BCUT2D eigenvalue weighted by Gasteiger charge is 2.40. The van der Waals surface area contributed by atoms with Crippen LogP contribution in [0.3, 0.4) is 0 Å². The second-order valence-corrected chi connectivity index (χ2v) is 3.94. The van der Waals surface area contributed by atoms with Crippen LogP contribution >= 0.6 is 0 Å². The average molecular weight is 212 g/mol. The summed E-state index contributed by atoms with van der Waals surface area (Å²) in [6.07, 6.45) is 5.10. The lowest BCUT2D eigenvalue weighted by Crippen LogP contribution is -2.29. The van der Waals surface area contributed by atoms with Gasteiger partial charge in [-0.05, 0) is 31.2 Å². The van der Waals surface area contributed by atoms with Crippen LogP contribution in [-0.2, 0) is 4.74 Å². The molecule has 1 fully saturated rings. The van der Waals surface area contributed by atoms with Gasteiger partial charge in [-0.1, -0.05) is 17.8 Å². The van der Waals surface area contributed by atoms with Gasteiger partial charge in [0.2, 0.25) is 0 Å². The number of rotatable bonds is 1. The van der Waals surface area contributed by atoms with E-state index in [1.54, 1.807) is 6.92 Å². The van der Waals surface area contributed by atoms with E-state index in [-0.39, 0.29) is 6.10 Å². The summed E-state index contributed by atoms with van der Waals surface area (Å²) in [5, 5.41) is 9.89. The first-order valence-electron chi connectivity index (χ1n) is 5.05. The van der Waals surface area contributed by atoms with Crippen LogP contribution in [-0.4, -0.2) is 23.4 Å². The van der Waals surface area contributed by atoms with E-state index in [0.717, 1.165) is 11.1 Å². The van der Waals surface area contributed by atoms with E-state index < -0.39 is 5.60 Å². The Morgan fingerprint density at radius 2 is 1.94 bits per heavy atom. The lowest BCUT2D eigenvalue weighted by Gasteiger charge is -2.11. The molecule has 2 heteroatoms. The average Bonchev–Trinajstić information content (AvgIpc) is 3.11. The van der Waals surface area contributed by atoms with Gasteiger partial charge in [0.1, 0.15) is 6.10 Å². The molecule has 80 valence electrons. The Morgan fingerprint density at radius 3 is 2.44 bits per heavy atom. The number of ether oxygens (including phenoxy) is 1. The summed E-state index contributed by atoms with van der Waals surface area (Å²) in [7, 11) is 0. The van der Waals surface area contributed by atoms with Crippen molar-refractivity contribution in [3.63, 3.8) is 0 Å². The highest BCUT2D eigenvalue weighted by Crippen LogP contribution is 2.23. The molecule has 2 unspecified atom stereocenters. The molecule has 1 aliphatic rings. The first-order valence-corrected chi connectivity index (χ1v) is 5.05. The predicted molar refractivity (Wildman–Crippen MR) is 61.6 cm³/mol. The van der Waals surface area contributed by atoms with Gasteiger partial charge in [0.25, 0.3) is 0 Å². The van der Waals surface area contributed by atoms with E-state index in [2.05, 4.69) is 17.8 Å². The highest BCUT2D eigenvalue weighted by molar-refractivity contribution is 5.42. The summed E-state index contributed by atoms with van der Waals surface area (Å²) >= 11 is 0. The van der Waals surface area contributed by atoms with Crippen LogP contribution in [0, 0.1) is 24.2 Å². The van der Waals surface area contributed by atoms with Crippen molar-refractivity contribution < 1.29 is 9.84 Å². The van der Waals surface area contributed by atoms with E-state index in [4.69, 9.17) is 11.2 Å². The van der Waals surface area contributed by atoms with Crippen LogP contribution in [0.1, 0.15) is 18.1 Å². The summed E-state index contributed by atoms with van der Waals surface area (Å²) in [6, 6.07) is 7.33.